The third-order valence-electron chi connectivity index (χ3n) is 3.08. The first-order valence-electron chi connectivity index (χ1n) is 6.29. The van der Waals surface area contributed by atoms with E-state index in [2.05, 4.69) is 37.5 Å². The first kappa shape index (κ1) is 13.1. The van der Waals surface area contributed by atoms with Crippen molar-refractivity contribution in [3.63, 3.8) is 0 Å². The highest BCUT2D eigenvalue weighted by Crippen LogP contribution is 2.31. The third kappa shape index (κ3) is 4.60. The van der Waals surface area contributed by atoms with E-state index in [0.717, 1.165) is 18.2 Å². The minimum absolute atomic E-state index is 0.671. The summed E-state index contributed by atoms with van der Waals surface area (Å²) in [5, 5.41) is 4.53. The van der Waals surface area contributed by atoms with Crippen LogP contribution in [-0.2, 0) is 0 Å². The molecule has 1 heterocycles. The number of nitrogens with one attached hydrogen (secondary N) is 1. The summed E-state index contributed by atoms with van der Waals surface area (Å²) >= 11 is 2.15. The van der Waals surface area contributed by atoms with Crippen LogP contribution in [0.4, 0.5) is 0 Å². The van der Waals surface area contributed by atoms with Gasteiger partial charge in [-0.1, -0.05) is 26.0 Å². The molecule has 0 aliphatic carbocycles. The Morgan fingerprint density at radius 2 is 2.33 bits per heavy atom. The Hall–Kier alpha value is 0.0500. The molecule has 0 spiro atoms. The summed E-state index contributed by atoms with van der Waals surface area (Å²) in [6.07, 6.45) is 6.32. The second kappa shape index (κ2) is 7.34. The molecule has 2 atom stereocenters. The highest BCUT2D eigenvalue weighted by Gasteiger charge is 2.25. The van der Waals surface area contributed by atoms with Crippen molar-refractivity contribution in [2.75, 3.05) is 12.3 Å². The normalized spacial score (nSPS) is 22.9. The first-order chi connectivity index (χ1) is 7.27. The number of hydrogen-bond donors (Lipinski definition) is 1. The van der Waals surface area contributed by atoms with Gasteiger partial charge in [-0.2, -0.15) is 11.8 Å². The van der Waals surface area contributed by atoms with Gasteiger partial charge >= 0.3 is 0 Å². The molecule has 1 saturated heterocycles. The summed E-state index contributed by atoms with van der Waals surface area (Å²) in [5.74, 6) is 1.35. The SMILES string of the molecule is C=C(CC)CC(NCCC)C1CCCS1. The monoisotopic (exact) mass is 227 g/mol. The van der Waals surface area contributed by atoms with Gasteiger partial charge in [0.05, 0.1) is 0 Å². The van der Waals surface area contributed by atoms with E-state index in [4.69, 9.17) is 0 Å². The molecular formula is C13H25NS. The van der Waals surface area contributed by atoms with Crippen LogP contribution in [0, 0.1) is 0 Å². The zero-order valence-electron chi connectivity index (χ0n) is 10.2. The maximum absolute atomic E-state index is 4.14. The minimum Gasteiger partial charge on any atom is -0.313 e. The van der Waals surface area contributed by atoms with E-state index in [1.54, 1.807) is 0 Å². The Morgan fingerprint density at radius 3 is 2.87 bits per heavy atom. The largest absolute Gasteiger partial charge is 0.313 e. The van der Waals surface area contributed by atoms with Crippen LogP contribution < -0.4 is 5.32 Å². The topological polar surface area (TPSA) is 12.0 Å². The van der Waals surface area contributed by atoms with E-state index in [1.807, 2.05) is 0 Å². The lowest BCUT2D eigenvalue weighted by molar-refractivity contribution is 0.478. The standard InChI is InChI=1S/C13H25NS/c1-4-8-14-12(10-11(3)5-2)13-7-6-9-15-13/h12-14H,3-10H2,1-2H3. The zero-order chi connectivity index (χ0) is 11.1. The van der Waals surface area contributed by atoms with Crippen molar-refractivity contribution in [2.24, 2.45) is 0 Å². The number of thioether (sulfide) groups is 1. The van der Waals surface area contributed by atoms with Gasteiger partial charge in [0, 0.05) is 11.3 Å². The molecule has 0 aromatic carbocycles. The van der Waals surface area contributed by atoms with Crippen LogP contribution in [0.5, 0.6) is 0 Å². The summed E-state index contributed by atoms with van der Waals surface area (Å²) in [6, 6.07) is 0.671. The molecule has 2 heteroatoms. The Kier molecular flexibility index (Phi) is 6.42. The minimum atomic E-state index is 0.671. The smallest absolute Gasteiger partial charge is 0.0223 e. The van der Waals surface area contributed by atoms with Crippen LogP contribution in [0.3, 0.4) is 0 Å². The predicted octanol–water partition coefficient (Wildman–Crippen LogP) is 3.61. The van der Waals surface area contributed by atoms with E-state index in [1.165, 1.54) is 37.0 Å². The van der Waals surface area contributed by atoms with Gasteiger partial charge in [0.1, 0.15) is 0 Å². The summed E-state index contributed by atoms with van der Waals surface area (Å²) in [4.78, 5) is 0. The molecule has 0 radical (unpaired) electrons. The van der Waals surface area contributed by atoms with Crippen molar-refractivity contribution in [2.45, 2.75) is 57.2 Å². The van der Waals surface area contributed by atoms with E-state index < -0.39 is 0 Å². The van der Waals surface area contributed by atoms with Crippen LogP contribution in [0.2, 0.25) is 0 Å². The van der Waals surface area contributed by atoms with Gasteiger partial charge in [-0.25, -0.2) is 0 Å². The van der Waals surface area contributed by atoms with Crippen LogP contribution in [0.1, 0.15) is 46.0 Å². The molecule has 1 N–H and O–H groups in total. The van der Waals surface area contributed by atoms with Crippen molar-refractivity contribution < 1.29 is 0 Å². The lowest BCUT2D eigenvalue weighted by Crippen LogP contribution is -2.37. The van der Waals surface area contributed by atoms with E-state index >= 15 is 0 Å². The maximum atomic E-state index is 4.14. The first-order valence-corrected chi connectivity index (χ1v) is 7.34. The molecule has 15 heavy (non-hydrogen) atoms. The average Bonchev–Trinajstić information content (AvgIpc) is 2.77. The lowest BCUT2D eigenvalue weighted by atomic mass is 10.00. The molecule has 1 fully saturated rings. The number of hydrogen-bond acceptors (Lipinski definition) is 2. The quantitative estimate of drug-likeness (QED) is 0.667. The Balaban J connectivity index is 2.40. The molecule has 1 nitrogen and oxygen atoms in total. The predicted molar refractivity (Wildman–Crippen MR) is 71.6 cm³/mol. The molecule has 88 valence electrons. The van der Waals surface area contributed by atoms with E-state index in [-0.39, 0.29) is 0 Å². The molecule has 1 aliphatic heterocycles. The molecule has 0 aromatic rings. The van der Waals surface area contributed by atoms with Crippen molar-refractivity contribution in [1.29, 1.82) is 0 Å². The molecule has 2 unspecified atom stereocenters. The summed E-state index contributed by atoms with van der Waals surface area (Å²) in [6.45, 7) is 9.74. The molecule has 0 aromatic heterocycles. The van der Waals surface area contributed by atoms with Gasteiger partial charge in [0.15, 0.2) is 0 Å². The fourth-order valence-corrected chi connectivity index (χ4v) is 3.43. The van der Waals surface area contributed by atoms with Crippen LogP contribution in [0.15, 0.2) is 12.2 Å². The highest BCUT2D eigenvalue weighted by atomic mass is 32.2. The molecule has 0 amide bonds. The summed E-state index contributed by atoms with van der Waals surface area (Å²) in [5.41, 5.74) is 1.40. The second-order valence-corrected chi connectivity index (χ2v) is 5.77. The fraction of sp³-hybridized carbons (Fsp3) is 0.846. The van der Waals surface area contributed by atoms with Crippen LogP contribution in [0.25, 0.3) is 0 Å². The van der Waals surface area contributed by atoms with Gasteiger partial charge < -0.3 is 5.32 Å². The molecule has 1 aliphatic rings. The van der Waals surface area contributed by atoms with Gasteiger partial charge in [0.2, 0.25) is 0 Å². The van der Waals surface area contributed by atoms with Crippen molar-refractivity contribution in [1.82, 2.24) is 5.32 Å². The van der Waals surface area contributed by atoms with Crippen molar-refractivity contribution in [3.05, 3.63) is 12.2 Å². The summed E-state index contributed by atoms with van der Waals surface area (Å²) < 4.78 is 0. The molecular weight excluding hydrogens is 202 g/mol. The summed E-state index contributed by atoms with van der Waals surface area (Å²) in [7, 11) is 0. The Labute approximate surface area is 99.1 Å². The van der Waals surface area contributed by atoms with Gasteiger partial charge in [-0.15, -0.1) is 0 Å². The number of rotatable bonds is 7. The third-order valence-corrected chi connectivity index (χ3v) is 4.60. The van der Waals surface area contributed by atoms with Crippen molar-refractivity contribution in [3.8, 4) is 0 Å². The molecule has 0 bridgehead atoms. The average molecular weight is 227 g/mol. The van der Waals surface area contributed by atoms with E-state index in [0.29, 0.717) is 6.04 Å². The fourth-order valence-electron chi connectivity index (χ4n) is 2.04. The Morgan fingerprint density at radius 1 is 1.53 bits per heavy atom. The molecule has 0 saturated carbocycles. The van der Waals surface area contributed by atoms with Crippen molar-refractivity contribution >= 4 is 11.8 Å². The van der Waals surface area contributed by atoms with E-state index in [9.17, 15) is 0 Å². The van der Waals surface area contributed by atoms with Crippen LogP contribution in [-0.4, -0.2) is 23.6 Å². The van der Waals surface area contributed by atoms with Gasteiger partial charge in [0.25, 0.3) is 0 Å². The highest BCUT2D eigenvalue weighted by molar-refractivity contribution is 8.00. The molecule has 1 rings (SSSR count). The zero-order valence-corrected chi connectivity index (χ0v) is 11.0. The van der Waals surface area contributed by atoms with Crippen LogP contribution >= 0.6 is 11.8 Å². The maximum Gasteiger partial charge on any atom is 0.0223 e. The Bertz CT molecular complexity index is 185. The lowest BCUT2D eigenvalue weighted by Gasteiger charge is -2.24. The van der Waals surface area contributed by atoms with Gasteiger partial charge in [-0.05, 0) is 44.4 Å². The second-order valence-electron chi connectivity index (χ2n) is 4.42. The van der Waals surface area contributed by atoms with Gasteiger partial charge in [-0.3, -0.25) is 0 Å².